The average molecular weight is 233 g/mol. The molecule has 6 heteroatoms. The van der Waals surface area contributed by atoms with Gasteiger partial charge in [0.05, 0.1) is 0 Å². The van der Waals surface area contributed by atoms with Crippen molar-refractivity contribution in [2.24, 2.45) is 0 Å². The lowest BCUT2D eigenvalue weighted by atomic mass is 9.93. The molecule has 0 aromatic carbocycles. The van der Waals surface area contributed by atoms with Crippen LogP contribution in [0.4, 0.5) is 0 Å². The fourth-order valence-electron chi connectivity index (χ4n) is 1.86. The molecule has 3 rings (SSSR count). The minimum atomic E-state index is -0.285. The van der Waals surface area contributed by atoms with Crippen LogP contribution in [0.3, 0.4) is 0 Å². The second-order valence-electron chi connectivity index (χ2n) is 5.62. The zero-order valence-corrected chi connectivity index (χ0v) is 10.2. The monoisotopic (exact) mass is 233 g/mol. The van der Waals surface area contributed by atoms with Gasteiger partial charge in [-0.15, -0.1) is 10.2 Å². The average Bonchev–Trinajstić information content (AvgIpc) is 2.97. The molecule has 1 aliphatic rings. The SMILES string of the molecule is CC(C)(C)c1nn2c(C3CC3)nnc2[nH]c1=O. The Hall–Kier alpha value is -1.72. The molecule has 0 saturated heterocycles. The van der Waals surface area contributed by atoms with Crippen molar-refractivity contribution in [2.75, 3.05) is 0 Å². The highest BCUT2D eigenvalue weighted by Crippen LogP contribution is 2.38. The van der Waals surface area contributed by atoms with E-state index in [2.05, 4.69) is 20.3 Å². The molecule has 1 saturated carbocycles. The van der Waals surface area contributed by atoms with Crippen molar-refractivity contribution < 1.29 is 0 Å². The van der Waals surface area contributed by atoms with Gasteiger partial charge in [0.2, 0.25) is 0 Å². The highest BCUT2D eigenvalue weighted by atomic mass is 16.1. The number of hydrogen-bond acceptors (Lipinski definition) is 4. The molecule has 6 nitrogen and oxygen atoms in total. The van der Waals surface area contributed by atoms with E-state index in [1.807, 2.05) is 20.8 Å². The van der Waals surface area contributed by atoms with Gasteiger partial charge in [0.25, 0.3) is 11.3 Å². The zero-order valence-electron chi connectivity index (χ0n) is 10.2. The van der Waals surface area contributed by atoms with Gasteiger partial charge in [-0.1, -0.05) is 20.8 Å². The van der Waals surface area contributed by atoms with Gasteiger partial charge in [-0.05, 0) is 12.8 Å². The summed E-state index contributed by atoms with van der Waals surface area (Å²) in [7, 11) is 0. The van der Waals surface area contributed by atoms with Gasteiger partial charge in [0.1, 0.15) is 5.69 Å². The summed E-state index contributed by atoms with van der Waals surface area (Å²) in [5.41, 5.74) is 0.0544. The van der Waals surface area contributed by atoms with Crippen molar-refractivity contribution >= 4 is 5.78 Å². The van der Waals surface area contributed by atoms with Gasteiger partial charge in [-0.3, -0.25) is 9.78 Å². The van der Waals surface area contributed by atoms with Gasteiger partial charge in [-0.2, -0.15) is 9.61 Å². The highest BCUT2D eigenvalue weighted by molar-refractivity contribution is 5.28. The van der Waals surface area contributed by atoms with Gasteiger partial charge >= 0.3 is 0 Å². The quantitative estimate of drug-likeness (QED) is 0.796. The maximum absolute atomic E-state index is 11.9. The van der Waals surface area contributed by atoms with E-state index >= 15 is 0 Å². The summed E-state index contributed by atoms with van der Waals surface area (Å²) in [6.07, 6.45) is 2.26. The van der Waals surface area contributed by atoms with Gasteiger partial charge in [-0.25, -0.2) is 0 Å². The van der Waals surface area contributed by atoms with Crippen LogP contribution in [0.1, 0.15) is 51.0 Å². The lowest BCUT2D eigenvalue weighted by Gasteiger charge is -2.15. The fourth-order valence-corrected chi connectivity index (χ4v) is 1.86. The number of hydrogen-bond donors (Lipinski definition) is 1. The number of nitrogens with zero attached hydrogens (tertiary/aromatic N) is 4. The maximum atomic E-state index is 11.9. The summed E-state index contributed by atoms with van der Waals surface area (Å²) in [5.74, 6) is 1.75. The molecule has 2 aromatic heterocycles. The predicted octanol–water partition coefficient (Wildman–Crippen LogP) is 0.988. The van der Waals surface area contributed by atoms with Crippen LogP contribution < -0.4 is 5.56 Å². The molecule has 0 aliphatic heterocycles. The second-order valence-corrected chi connectivity index (χ2v) is 5.62. The molecular formula is C11H15N5O. The Kier molecular flexibility index (Phi) is 1.93. The van der Waals surface area contributed by atoms with Crippen LogP contribution in [0.25, 0.3) is 5.78 Å². The molecule has 90 valence electrons. The molecule has 1 N–H and O–H groups in total. The molecule has 0 radical (unpaired) electrons. The first-order valence-electron chi connectivity index (χ1n) is 5.83. The third kappa shape index (κ3) is 1.64. The van der Waals surface area contributed by atoms with Crippen LogP contribution in [-0.4, -0.2) is 24.8 Å². The first kappa shape index (κ1) is 10.4. The third-order valence-electron chi connectivity index (χ3n) is 2.96. The van der Waals surface area contributed by atoms with Crippen LogP contribution in [0.5, 0.6) is 0 Å². The van der Waals surface area contributed by atoms with Gasteiger partial charge < -0.3 is 0 Å². The minimum absolute atomic E-state index is 0.181. The van der Waals surface area contributed by atoms with Crippen LogP contribution in [-0.2, 0) is 5.41 Å². The van der Waals surface area contributed by atoms with E-state index in [0.29, 0.717) is 17.4 Å². The standard InChI is InChI=1S/C11H15N5O/c1-11(2,3)7-9(17)12-10-14-13-8(6-4-5-6)16(10)15-7/h6H,4-5H2,1-3H3,(H,12,14,17). The van der Waals surface area contributed by atoms with Crippen molar-refractivity contribution in [3.05, 3.63) is 21.9 Å². The van der Waals surface area contributed by atoms with E-state index < -0.39 is 0 Å². The molecule has 0 amide bonds. The van der Waals surface area contributed by atoms with Crippen molar-refractivity contribution in [2.45, 2.75) is 44.9 Å². The van der Waals surface area contributed by atoms with Crippen LogP contribution in [0, 0.1) is 0 Å². The third-order valence-corrected chi connectivity index (χ3v) is 2.96. The summed E-state index contributed by atoms with van der Waals surface area (Å²) >= 11 is 0. The summed E-state index contributed by atoms with van der Waals surface area (Å²) in [5, 5.41) is 12.5. The molecule has 0 bridgehead atoms. The van der Waals surface area contributed by atoms with E-state index in [-0.39, 0.29) is 11.0 Å². The summed E-state index contributed by atoms with van der Waals surface area (Å²) < 4.78 is 1.68. The number of rotatable bonds is 1. The Morgan fingerprint density at radius 3 is 2.59 bits per heavy atom. The number of nitrogens with one attached hydrogen (secondary N) is 1. The largest absolute Gasteiger partial charge is 0.288 e. The normalized spacial score (nSPS) is 16.6. The maximum Gasteiger partial charge on any atom is 0.274 e. The lowest BCUT2D eigenvalue weighted by molar-refractivity contribution is 0.539. The van der Waals surface area contributed by atoms with E-state index in [1.54, 1.807) is 4.52 Å². The molecule has 0 spiro atoms. The van der Waals surface area contributed by atoms with Crippen molar-refractivity contribution in [1.29, 1.82) is 0 Å². The van der Waals surface area contributed by atoms with Gasteiger partial charge in [0.15, 0.2) is 5.82 Å². The summed E-state index contributed by atoms with van der Waals surface area (Å²) in [6.45, 7) is 5.91. The Morgan fingerprint density at radius 1 is 1.29 bits per heavy atom. The van der Waals surface area contributed by atoms with E-state index in [1.165, 1.54) is 0 Å². The Labute approximate surface area is 98.1 Å². The molecule has 17 heavy (non-hydrogen) atoms. The fraction of sp³-hybridized carbons (Fsp3) is 0.636. The van der Waals surface area contributed by atoms with Crippen LogP contribution in [0.2, 0.25) is 0 Å². The van der Waals surface area contributed by atoms with Gasteiger partial charge in [0, 0.05) is 11.3 Å². The van der Waals surface area contributed by atoms with E-state index in [9.17, 15) is 4.79 Å². The lowest BCUT2D eigenvalue weighted by Crippen LogP contribution is -2.28. The predicted molar refractivity (Wildman–Crippen MR) is 62.1 cm³/mol. The van der Waals surface area contributed by atoms with Crippen molar-refractivity contribution in [3.8, 4) is 0 Å². The molecule has 2 heterocycles. The number of aromatic nitrogens is 5. The zero-order chi connectivity index (χ0) is 12.2. The molecule has 1 aliphatic carbocycles. The Morgan fingerprint density at radius 2 is 2.00 bits per heavy atom. The first-order valence-corrected chi connectivity index (χ1v) is 5.83. The Balaban J connectivity index is 2.27. The topological polar surface area (TPSA) is 75.9 Å². The van der Waals surface area contributed by atoms with E-state index in [0.717, 1.165) is 18.7 Å². The highest BCUT2D eigenvalue weighted by Gasteiger charge is 2.30. The van der Waals surface area contributed by atoms with E-state index in [4.69, 9.17) is 0 Å². The first-order chi connectivity index (χ1) is 7.97. The van der Waals surface area contributed by atoms with Crippen LogP contribution >= 0.6 is 0 Å². The number of aromatic amines is 1. The minimum Gasteiger partial charge on any atom is -0.288 e. The molecule has 0 unspecified atom stereocenters. The molecular weight excluding hydrogens is 218 g/mol. The number of fused-ring (bicyclic) bond motifs is 1. The summed E-state index contributed by atoms with van der Waals surface area (Å²) in [4.78, 5) is 14.6. The summed E-state index contributed by atoms with van der Waals surface area (Å²) in [6, 6.07) is 0. The van der Waals surface area contributed by atoms with Crippen LogP contribution in [0.15, 0.2) is 4.79 Å². The second kappa shape index (κ2) is 3.15. The Bertz CT molecular complexity index is 629. The van der Waals surface area contributed by atoms with Crippen molar-refractivity contribution in [3.63, 3.8) is 0 Å². The smallest absolute Gasteiger partial charge is 0.274 e. The molecule has 2 aromatic rings. The molecule has 1 fully saturated rings. The van der Waals surface area contributed by atoms with Crippen molar-refractivity contribution in [1.82, 2.24) is 24.8 Å². The molecule has 0 atom stereocenters. The number of H-pyrrole nitrogens is 1.